The summed E-state index contributed by atoms with van der Waals surface area (Å²) in [6.07, 6.45) is 1.43. The van der Waals surface area contributed by atoms with Gasteiger partial charge in [0.15, 0.2) is 11.6 Å². The molecule has 2 heterocycles. The Balaban J connectivity index is 0.000000671. The van der Waals surface area contributed by atoms with E-state index in [1.807, 2.05) is 41.5 Å². The van der Waals surface area contributed by atoms with Crippen LogP contribution in [-0.4, -0.2) is 21.6 Å². The van der Waals surface area contributed by atoms with Crippen LogP contribution in [0.4, 0.5) is 8.78 Å². The number of halogens is 2. The summed E-state index contributed by atoms with van der Waals surface area (Å²) in [6.45, 7) is 12.1. The first-order valence-electron chi connectivity index (χ1n) is 8.81. The van der Waals surface area contributed by atoms with Crippen molar-refractivity contribution < 1.29 is 8.78 Å². The average Bonchev–Trinajstić information content (AvgIpc) is 2.91. The van der Waals surface area contributed by atoms with Gasteiger partial charge < -0.3 is 10.3 Å². The molecule has 0 bridgehead atoms. The standard InChI is InChI=1S/C14H17F2N3O.2C2H6/c1-7-5-9(6-8(2)17-7)19-13-11(18-14(19)20)4-3-10(15)12(13)16;2*1-2/h3-4,7-9,17H,5-6H2,1-2H3,(H,18,20);2*1-2H3. The number of nitrogens with one attached hydrogen (secondary N) is 2. The summed E-state index contributed by atoms with van der Waals surface area (Å²) >= 11 is 0. The summed E-state index contributed by atoms with van der Waals surface area (Å²) in [5, 5.41) is 3.37. The van der Waals surface area contributed by atoms with Crippen LogP contribution in [0.3, 0.4) is 0 Å². The number of fused-ring (bicyclic) bond motifs is 1. The van der Waals surface area contributed by atoms with Crippen LogP contribution in [-0.2, 0) is 0 Å². The van der Waals surface area contributed by atoms with E-state index in [2.05, 4.69) is 10.3 Å². The Morgan fingerprint density at radius 1 is 1.04 bits per heavy atom. The number of benzene rings is 1. The van der Waals surface area contributed by atoms with Gasteiger partial charge in [-0.3, -0.25) is 4.57 Å². The molecule has 24 heavy (non-hydrogen) atoms. The lowest BCUT2D eigenvalue weighted by Gasteiger charge is -2.33. The number of nitrogens with zero attached hydrogens (tertiary/aromatic N) is 1. The van der Waals surface area contributed by atoms with Crippen LogP contribution in [0.25, 0.3) is 11.0 Å². The van der Waals surface area contributed by atoms with Crippen molar-refractivity contribution in [1.29, 1.82) is 0 Å². The second-order valence-corrected chi connectivity index (χ2v) is 5.65. The number of aromatic nitrogens is 2. The predicted molar refractivity (Wildman–Crippen MR) is 95.5 cm³/mol. The minimum absolute atomic E-state index is 0.0429. The minimum Gasteiger partial charge on any atom is -0.312 e. The third-order valence-electron chi connectivity index (χ3n) is 3.96. The molecule has 2 atom stereocenters. The molecule has 0 spiro atoms. The molecule has 0 radical (unpaired) electrons. The van der Waals surface area contributed by atoms with E-state index in [9.17, 15) is 13.6 Å². The average molecular weight is 341 g/mol. The zero-order valence-electron chi connectivity index (χ0n) is 15.4. The molecule has 136 valence electrons. The highest BCUT2D eigenvalue weighted by Gasteiger charge is 2.28. The van der Waals surface area contributed by atoms with Gasteiger partial charge in [-0.2, -0.15) is 0 Å². The Morgan fingerprint density at radius 2 is 1.58 bits per heavy atom. The molecule has 4 nitrogen and oxygen atoms in total. The zero-order chi connectivity index (χ0) is 18.4. The molecule has 6 heteroatoms. The van der Waals surface area contributed by atoms with E-state index in [1.165, 1.54) is 10.6 Å². The van der Waals surface area contributed by atoms with Gasteiger partial charge in [-0.15, -0.1) is 0 Å². The molecule has 2 unspecified atom stereocenters. The van der Waals surface area contributed by atoms with Gasteiger partial charge in [-0.1, -0.05) is 27.7 Å². The van der Waals surface area contributed by atoms with Crippen molar-refractivity contribution in [2.75, 3.05) is 0 Å². The lowest BCUT2D eigenvalue weighted by Crippen LogP contribution is -2.44. The summed E-state index contributed by atoms with van der Waals surface area (Å²) < 4.78 is 28.9. The van der Waals surface area contributed by atoms with Crippen LogP contribution in [0, 0.1) is 11.6 Å². The zero-order valence-corrected chi connectivity index (χ0v) is 15.4. The van der Waals surface area contributed by atoms with Crippen molar-refractivity contribution in [3.05, 3.63) is 34.3 Å². The molecule has 0 saturated carbocycles. The number of imidazole rings is 1. The Kier molecular flexibility index (Phi) is 7.60. The van der Waals surface area contributed by atoms with E-state index >= 15 is 0 Å². The van der Waals surface area contributed by atoms with Gasteiger partial charge in [0.25, 0.3) is 0 Å². The summed E-state index contributed by atoms with van der Waals surface area (Å²) in [4.78, 5) is 14.7. The number of hydrogen-bond acceptors (Lipinski definition) is 2. The maximum atomic E-state index is 14.1. The maximum absolute atomic E-state index is 14.1. The van der Waals surface area contributed by atoms with Crippen molar-refractivity contribution >= 4 is 11.0 Å². The van der Waals surface area contributed by atoms with Crippen LogP contribution in [0.5, 0.6) is 0 Å². The smallest absolute Gasteiger partial charge is 0.312 e. The van der Waals surface area contributed by atoms with Crippen LogP contribution in [0.2, 0.25) is 0 Å². The number of piperidine rings is 1. The number of aromatic amines is 1. The SMILES string of the molecule is CC.CC.CC1CC(n2c(=O)[nH]c3ccc(F)c(F)c32)CC(C)N1. The summed E-state index contributed by atoms with van der Waals surface area (Å²) in [5.74, 6) is -1.89. The monoisotopic (exact) mass is 341 g/mol. The molecule has 0 amide bonds. The van der Waals surface area contributed by atoms with Crippen molar-refractivity contribution in [2.24, 2.45) is 0 Å². The van der Waals surface area contributed by atoms with Crippen molar-refractivity contribution in [1.82, 2.24) is 14.9 Å². The fraction of sp³-hybridized carbons (Fsp3) is 0.611. The fourth-order valence-corrected chi connectivity index (χ4v) is 3.25. The van der Waals surface area contributed by atoms with Gasteiger partial charge in [0.05, 0.1) is 5.52 Å². The third-order valence-corrected chi connectivity index (χ3v) is 3.96. The predicted octanol–water partition coefficient (Wildman–Crippen LogP) is 4.36. The van der Waals surface area contributed by atoms with E-state index in [1.54, 1.807) is 0 Å². The van der Waals surface area contributed by atoms with Crippen molar-refractivity contribution in [2.45, 2.75) is 72.5 Å². The number of hydrogen-bond donors (Lipinski definition) is 2. The van der Waals surface area contributed by atoms with E-state index < -0.39 is 11.6 Å². The highest BCUT2D eigenvalue weighted by molar-refractivity contribution is 5.76. The quantitative estimate of drug-likeness (QED) is 0.809. The molecule has 1 aromatic carbocycles. The van der Waals surface area contributed by atoms with E-state index in [0.717, 1.165) is 6.07 Å². The second kappa shape index (κ2) is 8.97. The Labute approximate surface area is 142 Å². The molecule has 1 aliphatic rings. The van der Waals surface area contributed by atoms with Gasteiger partial charge in [0.2, 0.25) is 0 Å². The van der Waals surface area contributed by atoms with E-state index in [4.69, 9.17) is 0 Å². The van der Waals surface area contributed by atoms with Crippen LogP contribution in [0.1, 0.15) is 60.4 Å². The highest BCUT2D eigenvalue weighted by Crippen LogP contribution is 2.28. The van der Waals surface area contributed by atoms with Crippen LogP contribution < -0.4 is 11.0 Å². The number of rotatable bonds is 1. The fourth-order valence-electron chi connectivity index (χ4n) is 3.25. The Morgan fingerprint density at radius 3 is 2.12 bits per heavy atom. The lowest BCUT2D eigenvalue weighted by atomic mass is 9.95. The van der Waals surface area contributed by atoms with E-state index in [-0.39, 0.29) is 29.3 Å². The Hall–Kier alpha value is -1.69. The summed E-state index contributed by atoms with van der Waals surface area (Å²) in [5.41, 5.74) is 0.00448. The first kappa shape index (κ1) is 20.4. The highest BCUT2D eigenvalue weighted by atomic mass is 19.2. The molecule has 1 aromatic heterocycles. The normalized spacial score (nSPS) is 23.1. The molecule has 2 aromatic rings. The molecule has 1 aliphatic heterocycles. The molecule has 2 N–H and O–H groups in total. The first-order valence-corrected chi connectivity index (χ1v) is 8.81. The molecular weight excluding hydrogens is 312 g/mol. The van der Waals surface area contributed by atoms with Gasteiger partial charge in [-0.25, -0.2) is 13.6 Å². The molecule has 1 fully saturated rings. The lowest BCUT2D eigenvalue weighted by molar-refractivity contribution is 0.263. The van der Waals surface area contributed by atoms with Gasteiger partial charge in [-0.05, 0) is 38.8 Å². The number of H-pyrrole nitrogens is 1. The van der Waals surface area contributed by atoms with Crippen LogP contribution in [0.15, 0.2) is 16.9 Å². The maximum Gasteiger partial charge on any atom is 0.326 e. The topological polar surface area (TPSA) is 49.8 Å². The minimum atomic E-state index is -0.959. The van der Waals surface area contributed by atoms with Crippen molar-refractivity contribution in [3.63, 3.8) is 0 Å². The first-order chi connectivity index (χ1) is 11.5. The summed E-state index contributed by atoms with van der Waals surface area (Å²) in [6, 6.07) is 2.78. The van der Waals surface area contributed by atoms with Crippen molar-refractivity contribution in [3.8, 4) is 0 Å². The molecule has 0 aliphatic carbocycles. The van der Waals surface area contributed by atoms with E-state index in [0.29, 0.717) is 18.4 Å². The molecule has 1 saturated heterocycles. The van der Waals surface area contributed by atoms with Gasteiger partial charge >= 0.3 is 5.69 Å². The molecule has 3 rings (SSSR count). The second-order valence-electron chi connectivity index (χ2n) is 5.65. The Bertz CT molecular complexity index is 698. The molecular formula is C18H29F2N3O. The van der Waals surface area contributed by atoms with Gasteiger partial charge in [0, 0.05) is 18.1 Å². The third kappa shape index (κ3) is 4.04. The largest absolute Gasteiger partial charge is 0.326 e. The van der Waals surface area contributed by atoms with Gasteiger partial charge in [0.1, 0.15) is 5.52 Å². The van der Waals surface area contributed by atoms with Crippen LogP contribution >= 0.6 is 0 Å². The summed E-state index contributed by atoms with van der Waals surface area (Å²) in [7, 11) is 0.